The van der Waals surface area contributed by atoms with Crippen LogP contribution in [0.25, 0.3) is 0 Å². The van der Waals surface area contributed by atoms with Gasteiger partial charge in [0.15, 0.2) is 0 Å². The van der Waals surface area contributed by atoms with Crippen LogP contribution in [0.1, 0.15) is 6.42 Å². The van der Waals surface area contributed by atoms with Crippen LogP contribution in [0.3, 0.4) is 0 Å². The zero-order valence-electron chi connectivity index (χ0n) is 6.21. The van der Waals surface area contributed by atoms with Crippen LogP contribution >= 0.6 is 0 Å². The molecule has 0 aliphatic carbocycles. The Labute approximate surface area is 60.6 Å². The normalized spacial score (nSPS) is 33.5. The monoisotopic (exact) mass is 140 g/mol. The highest BCUT2D eigenvalue weighted by Gasteiger charge is 2.36. The van der Waals surface area contributed by atoms with Crippen molar-refractivity contribution in [2.75, 3.05) is 26.7 Å². The summed E-state index contributed by atoms with van der Waals surface area (Å²) in [5.41, 5.74) is 0. The quantitative estimate of drug-likeness (QED) is 0.454. The lowest BCUT2D eigenvalue weighted by molar-refractivity contribution is -0.146. The lowest BCUT2D eigenvalue weighted by Gasteiger charge is -2.47. The molecule has 2 aliphatic rings. The molecular formula is C7H12N2O. The fourth-order valence-electron chi connectivity index (χ4n) is 1.71. The first kappa shape index (κ1) is 6.16. The van der Waals surface area contributed by atoms with Gasteiger partial charge >= 0.3 is 0 Å². The molecule has 1 unspecified atom stereocenters. The van der Waals surface area contributed by atoms with Crippen LogP contribution in [0, 0.1) is 0 Å². The third-order valence-electron chi connectivity index (χ3n) is 2.39. The van der Waals surface area contributed by atoms with E-state index in [4.69, 9.17) is 0 Å². The number of carbonyl (C=O) groups excluding carboxylic acids is 1. The molecule has 0 aromatic heterocycles. The Morgan fingerprint density at radius 3 is 2.90 bits per heavy atom. The van der Waals surface area contributed by atoms with Gasteiger partial charge < -0.3 is 4.90 Å². The van der Waals surface area contributed by atoms with Crippen LogP contribution < -0.4 is 0 Å². The van der Waals surface area contributed by atoms with Gasteiger partial charge in [-0.15, -0.1) is 0 Å². The summed E-state index contributed by atoms with van der Waals surface area (Å²) in [6.07, 6.45) is 1.20. The molecule has 0 radical (unpaired) electrons. The minimum Gasteiger partial charge on any atom is -0.337 e. The fourth-order valence-corrected chi connectivity index (χ4v) is 1.71. The number of amides is 1. The molecule has 2 aliphatic heterocycles. The molecule has 0 spiro atoms. The number of likely N-dealkylation sites (N-methyl/N-ethyl adjacent to an activating group) is 1. The number of fused-ring (bicyclic) bond motifs is 1. The molecule has 0 N–H and O–H groups in total. The number of piperazine rings is 1. The van der Waals surface area contributed by atoms with Gasteiger partial charge in [0.2, 0.25) is 5.91 Å². The standard InChI is InChI=1S/C7H12N2O/c1-8-4-6-2-3-9(6)7(10)5-8/h6H,2-5H2,1H3. The SMILES string of the molecule is CN1CC(=O)N2CCC2C1. The second-order valence-corrected chi connectivity index (χ2v) is 3.23. The molecule has 2 rings (SSSR count). The first-order chi connectivity index (χ1) is 4.77. The highest BCUT2D eigenvalue weighted by Crippen LogP contribution is 2.21. The molecule has 3 nitrogen and oxygen atoms in total. The molecule has 0 aromatic rings. The minimum atomic E-state index is 0.310. The van der Waals surface area contributed by atoms with E-state index in [0.29, 0.717) is 18.5 Å². The zero-order chi connectivity index (χ0) is 7.14. The van der Waals surface area contributed by atoms with Gasteiger partial charge in [-0.2, -0.15) is 0 Å². The van der Waals surface area contributed by atoms with E-state index in [-0.39, 0.29) is 0 Å². The van der Waals surface area contributed by atoms with Gasteiger partial charge in [0.1, 0.15) is 0 Å². The summed E-state index contributed by atoms with van der Waals surface area (Å²) in [6, 6.07) is 0.547. The van der Waals surface area contributed by atoms with E-state index < -0.39 is 0 Å². The Bertz CT molecular complexity index is 169. The average molecular weight is 140 g/mol. The maximum Gasteiger partial charge on any atom is 0.237 e. The van der Waals surface area contributed by atoms with E-state index in [1.54, 1.807) is 0 Å². The lowest BCUT2D eigenvalue weighted by Crippen LogP contribution is -2.62. The van der Waals surface area contributed by atoms with Gasteiger partial charge in [-0.1, -0.05) is 0 Å². The number of hydrogen-bond acceptors (Lipinski definition) is 2. The summed E-state index contributed by atoms with van der Waals surface area (Å²) >= 11 is 0. The molecule has 1 amide bonds. The van der Waals surface area contributed by atoms with E-state index in [9.17, 15) is 4.79 Å². The first-order valence-electron chi connectivity index (χ1n) is 3.75. The van der Waals surface area contributed by atoms with E-state index >= 15 is 0 Å². The average Bonchev–Trinajstić information content (AvgIpc) is 1.77. The van der Waals surface area contributed by atoms with Crippen molar-refractivity contribution in [2.45, 2.75) is 12.5 Å². The van der Waals surface area contributed by atoms with Crippen molar-refractivity contribution < 1.29 is 4.79 Å². The molecule has 2 heterocycles. The van der Waals surface area contributed by atoms with Crippen molar-refractivity contribution >= 4 is 5.91 Å². The highest BCUT2D eigenvalue weighted by atomic mass is 16.2. The van der Waals surface area contributed by atoms with Crippen molar-refractivity contribution in [3.8, 4) is 0 Å². The van der Waals surface area contributed by atoms with E-state index in [1.807, 2.05) is 11.9 Å². The molecule has 2 saturated heterocycles. The maximum atomic E-state index is 11.2. The van der Waals surface area contributed by atoms with Crippen LogP contribution in [0.15, 0.2) is 0 Å². The zero-order valence-corrected chi connectivity index (χ0v) is 6.21. The van der Waals surface area contributed by atoms with Gasteiger partial charge in [0, 0.05) is 19.1 Å². The summed E-state index contributed by atoms with van der Waals surface area (Å²) in [5.74, 6) is 0.310. The number of nitrogens with zero attached hydrogens (tertiary/aromatic N) is 2. The molecule has 0 saturated carbocycles. The van der Waals surface area contributed by atoms with Crippen molar-refractivity contribution in [3.05, 3.63) is 0 Å². The Morgan fingerprint density at radius 1 is 1.60 bits per heavy atom. The van der Waals surface area contributed by atoms with Crippen LogP contribution in [-0.4, -0.2) is 48.4 Å². The van der Waals surface area contributed by atoms with Gasteiger partial charge in [0.25, 0.3) is 0 Å². The van der Waals surface area contributed by atoms with E-state index in [1.165, 1.54) is 6.42 Å². The molecule has 2 fully saturated rings. The number of rotatable bonds is 0. The second-order valence-electron chi connectivity index (χ2n) is 3.23. The summed E-state index contributed by atoms with van der Waals surface area (Å²) in [5, 5.41) is 0. The summed E-state index contributed by atoms with van der Waals surface area (Å²) < 4.78 is 0. The summed E-state index contributed by atoms with van der Waals surface area (Å²) in [4.78, 5) is 15.2. The van der Waals surface area contributed by atoms with Gasteiger partial charge in [-0.05, 0) is 13.5 Å². The predicted molar refractivity (Wildman–Crippen MR) is 37.6 cm³/mol. The topological polar surface area (TPSA) is 23.6 Å². The highest BCUT2D eigenvalue weighted by molar-refractivity contribution is 5.80. The van der Waals surface area contributed by atoms with Gasteiger partial charge in [0.05, 0.1) is 6.54 Å². The van der Waals surface area contributed by atoms with Crippen LogP contribution in [0.2, 0.25) is 0 Å². The minimum absolute atomic E-state index is 0.310. The third-order valence-corrected chi connectivity index (χ3v) is 2.39. The van der Waals surface area contributed by atoms with E-state index in [2.05, 4.69) is 4.90 Å². The van der Waals surface area contributed by atoms with Crippen LogP contribution in [0.5, 0.6) is 0 Å². The molecule has 56 valence electrons. The van der Waals surface area contributed by atoms with Crippen molar-refractivity contribution in [3.63, 3.8) is 0 Å². The molecular weight excluding hydrogens is 128 g/mol. The molecule has 0 bridgehead atoms. The molecule has 0 aromatic carbocycles. The number of hydrogen-bond donors (Lipinski definition) is 0. The largest absolute Gasteiger partial charge is 0.337 e. The Morgan fingerprint density at radius 2 is 2.40 bits per heavy atom. The lowest BCUT2D eigenvalue weighted by atomic mass is 10.00. The third kappa shape index (κ3) is 0.736. The Hall–Kier alpha value is -0.570. The molecule has 1 atom stereocenters. The smallest absolute Gasteiger partial charge is 0.237 e. The predicted octanol–water partition coefficient (Wildman–Crippen LogP) is -0.467. The first-order valence-corrected chi connectivity index (χ1v) is 3.75. The summed E-state index contributed by atoms with van der Waals surface area (Å²) in [7, 11) is 2.01. The van der Waals surface area contributed by atoms with Crippen LogP contribution in [0.4, 0.5) is 0 Å². The Balaban J connectivity index is 2.06. The van der Waals surface area contributed by atoms with Crippen molar-refractivity contribution in [2.24, 2.45) is 0 Å². The summed E-state index contributed by atoms with van der Waals surface area (Å²) in [6.45, 7) is 2.69. The Kier molecular flexibility index (Phi) is 1.20. The maximum absolute atomic E-state index is 11.2. The van der Waals surface area contributed by atoms with Gasteiger partial charge in [-0.3, -0.25) is 9.69 Å². The van der Waals surface area contributed by atoms with Crippen molar-refractivity contribution in [1.82, 2.24) is 9.80 Å². The fraction of sp³-hybridized carbons (Fsp3) is 0.857. The van der Waals surface area contributed by atoms with Gasteiger partial charge in [-0.25, -0.2) is 0 Å². The molecule has 3 heteroatoms. The molecule has 10 heavy (non-hydrogen) atoms. The second kappa shape index (κ2) is 1.95. The van der Waals surface area contributed by atoms with E-state index in [0.717, 1.165) is 13.1 Å². The number of carbonyl (C=O) groups is 1. The van der Waals surface area contributed by atoms with Crippen LogP contribution in [-0.2, 0) is 4.79 Å². The van der Waals surface area contributed by atoms with Crippen molar-refractivity contribution in [1.29, 1.82) is 0 Å².